The van der Waals surface area contributed by atoms with E-state index in [0.29, 0.717) is 30.2 Å². The third kappa shape index (κ3) is 5.47. The quantitative estimate of drug-likeness (QED) is 0.306. The molecule has 2 amide bonds. The van der Waals surface area contributed by atoms with Crippen LogP contribution in [0.3, 0.4) is 0 Å². The predicted molar refractivity (Wildman–Crippen MR) is 147 cm³/mol. The number of rotatable bonds is 8. The molecule has 7 nitrogen and oxygen atoms in total. The number of nitrogens with zero attached hydrogens (tertiary/aromatic N) is 1. The summed E-state index contributed by atoms with van der Waals surface area (Å²) in [6.07, 6.45) is -0.387. The van der Waals surface area contributed by atoms with E-state index < -0.39 is 0 Å². The minimum Gasteiger partial charge on any atom is -0.493 e. The van der Waals surface area contributed by atoms with Gasteiger partial charge in [0.15, 0.2) is 11.5 Å². The van der Waals surface area contributed by atoms with E-state index in [9.17, 15) is 9.59 Å². The van der Waals surface area contributed by atoms with Gasteiger partial charge in [-0.25, -0.2) is 0 Å². The van der Waals surface area contributed by atoms with Crippen molar-refractivity contribution in [3.63, 3.8) is 0 Å². The first-order valence-electron chi connectivity index (χ1n) is 12.4. The first kappa shape index (κ1) is 24.9. The number of fused-ring (bicyclic) bond motifs is 1. The molecule has 7 heteroatoms. The summed E-state index contributed by atoms with van der Waals surface area (Å²) < 4.78 is 11.7. The van der Waals surface area contributed by atoms with E-state index in [1.54, 1.807) is 7.11 Å². The maximum atomic E-state index is 13.6. The Hall–Kier alpha value is -4.78. The van der Waals surface area contributed by atoms with Crippen LogP contribution in [0.15, 0.2) is 97.1 Å². The SMILES string of the molecule is COc1cc(C2Nc3ccccc3C(=O)N2Cc2ccccc2)ccc1OCc1ccc(NC(C)=O)cc1. The summed E-state index contributed by atoms with van der Waals surface area (Å²) in [6.45, 7) is 2.27. The number of amides is 2. The fourth-order valence-electron chi connectivity index (χ4n) is 4.52. The largest absolute Gasteiger partial charge is 0.493 e. The Morgan fingerprint density at radius 1 is 0.895 bits per heavy atom. The van der Waals surface area contributed by atoms with E-state index >= 15 is 0 Å². The molecule has 0 bridgehead atoms. The summed E-state index contributed by atoms with van der Waals surface area (Å²) >= 11 is 0. The van der Waals surface area contributed by atoms with Crippen LogP contribution in [0.25, 0.3) is 0 Å². The molecular formula is C31H29N3O4. The van der Waals surface area contributed by atoms with Gasteiger partial charge in [0.25, 0.3) is 5.91 Å². The zero-order valence-electron chi connectivity index (χ0n) is 21.3. The molecule has 0 radical (unpaired) electrons. The van der Waals surface area contributed by atoms with Gasteiger partial charge in [-0.1, -0.05) is 60.7 Å². The lowest BCUT2D eigenvalue weighted by Crippen LogP contribution is -2.42. The van der Waals surface area contributed by atoms with Gasteiger partial charge in [-0.05, 0) is 53.1 Å². The minimum atomic E-state index is -0.387. The molecule has 4 aromatic rings. The standard InChI is InChI=1S/C31H29N3O4/c1-21(35)32-25-15-12-23(13-16-25)20-38-28-17-14-24(18-29(28)37-2)30-33-27-11-7-6-10-26(27)31(36)34(30)19-22-8-4-3-5-9-22/h3-18,30,33H,19-20H2,1-2H3,(H,32,35). The maximum absolute atomic E-state index is 13.6. The number of anilines is 2. The predicted octanol–water partition coefficient (Wildman–Crippen LogP) is 6.00. The fraction of sp³-hybridized carbons (Fsp3) is 0.161. The highest BCUT2D eigenvalue weighted by Gasteiger charge is 2.33. The Bertz CT molecular complexity index is 1440. The molecule has 38 heavy (non-hydrogen) atoms. The number of carbonyl (C=O) groups excluding carboxylic acids is 2. The third-order valence-electron chi connectivity index (χ3n) is 6.39. The van der Waals surface area contributed by atoms with Crippen molar-refractivity contribution < 1.29 is 19.1 Å². The van der Waals surface area contributed by atoms with Crippen LogP contribution in [0.1, 0.15) is 40.1 Å². The average Bonchev–Trinajstić information content (AvgIpc) is 2.94. The van der Waals surface area contributed by atoms with Crippen molar-refractivity contribution in [3.8, 4) is 11.5 Å². The normalized spacial score (nSPS) is 14.3. The molecule has 1 aliphatic rings. The van der Waals surface area contributed by atoms with Crippen molar-refractivity contribution >= 4 is 23.2 Å². The van der Waals surface area contributed by atoms with Crippen molar-refractivity contribution in [2.24, 2.45) is 0 Å². The molecule has 0 aromatic heterocycles. The van der Waals surface area contributed by atoms with Gasteiger partial charge in [0.1, 0.15) is 12.8 Å². The molecule has 0 saturated carbocycles. The molecule has 0 spiro atoms. The summed E-state index contributed by atoms with van der Waals surface area (Å²) in [7, 11) is 1.60. The van der Waals surface area contributed by atoms with Gasteiger partial charge in [0.2, 0.25) is 5.91 Å². The topological polar surface area (TPSA) is 79.9 Å². The number of nitrogens with one attached hydrogen (secondary N) is 2. The Balaban J connectivity index is 1.39. The van der Waals surface area contributed by atoms with Gasteiger partial charge in [-0.2, -0.15) is 0 Å². The van der Waals surface area contributed by atoms with Gasteiger partial charge in [0, 0.05) is 24.8 Å². The number of carbonyl (C=O) groups is 2. The number of hydrogen-bond donors (Lipinski definition) is 2. The van der Waals surface area contributed by atoms with Crippen LogP contribution in [0.4, 0.5) is 11.4 Å². The highest BCUT2D eigenvalue weighted by Crippen LogP contribution is 2.38. The first-order chi connectivity index (χ1) is 18.5. The van der Waals surface area contributed by atoms with E-state index in [-0.39, 0.29) is 18.0 Å². The van der Waals surface area contributed by atoms with Crippen molar-refractivity contribution in [1.82, 2.24) is 4.90 Å². The number of benzene rings is 4. The van der Waals surface area contributed by atoms with Gasteiger partial charge in [-0.15, -0.1) is 0 Å². The minimum absolute atomic E-state index is 0.0322. The van der Waals surface area contributed by atoms with Crippen LogP contribution in [-0.4, -0.2) is 23.8 Å². The zero-order valence-corrected chi connectivity index (χ0v) is 21.3. The summed E-state index contributed by atoms with van der Waals surface area (Å²) in [5.74, 6) is 1.03. The number of methoxy groups -OCH3 is 1. The molecule has 5 rings (SSSR count). The number of hydrogen-bond acceptors (Lipinski definition) is 5. The third-order valence-corrected chi connectivity index (χ3v) is 6.39. The first-order valence-corrected chi connectivity index (χ1v) is 12.4. The van der Waals surface area contributed by atoms with Crippen LogP contribution in [0.5, 0.6) is 11.5 Å². The summed E-state index contributed by atoms with van der Waals surface area (Å²) in [6, 6.07) is 30.7. The Labute approximate surface area is 222 Å². The van der Waals surface area contributed by atoms with E-state index in [2.05, 4.69) is 10.6 Å². The van der Waals surface area contributed by atoms with Gasteiger partial charge in [-0.3, -0.25) is 9.59 Å². The van der Waals surface area contributed by atoms with E-state index in [4.69, 9.17) is 9.47 Å². The molecule has 0 saturated heterocycles. The molecular weight excluding hydrogens is 478 g/mol. The monoisotopic (exact) mass is 507 g/mol. The average molecular weight is 508 g/mol. The van der Waals surface area contributed by atoms with E-state index in [1.165, 1.54) is 6.92 Å². The molecule has 1 heterocycles. The van der Waals surface area contributed by atoms with Gasteiger partial charge >= 0.3 is 0 Å². The van der Waals surface area contributed by atoms with Crippen LogP contribution < -0.4 is 20.1 Å². The Kier molecular flexibility index (Phi) is 7.26. The van der Waals surface area contributed by atoms with Crippen LogP contribution >= 0.6 is 0 Å². The second-order valence-electron chi connectivity index (χ2n) is 9.09. The highest BCUT2D eigenvalue weighted by molar-refractivity contribution is 6.01. The smallest absolute Gasteiger partial charge is 0.258 e. The van der Waals surface area contributed by atoms with Crippen molar-refractivity contribution in [2.45, 2.75) is 26.2 Å². The highest BCUT2D eigenvalue weighted by atomic mass is 16.5. The van der Waals surface area contributed by atoms with Crippen molar-refractivity contribution in [2.75, 3.05) is 17.7 Å². The van der Waals surface area contributed by atoms with Crippen LogP contribution in [0, 0.1) is 0 Å². The second-order valence-corrected chi connectivity index (χ2v) is 9.09. The maximum Gasteiger partial charge on any atom is 0.258 e. The van der Waals surface area contributed by atoms with E-state index in [0.717, 1.165) is 28.1 Å². The Morgan fingerprint density at radius 3 is 2.37 bits per heavy atom. The number of para-hydroxylation sites is 1. The summed E-state index contributed by atoms with van der Waals surface area (Å²) in [5.41, 5.74) is 5.07. The summed E-state index contributed by atoms with van der Waals surface area (Å²) in [4.78, 5) is 26.6. The lowest BCUT2D eigenvalue weighted by atomic mass is 10.0. The lowest BCUT2D eigenvalue weighted by molar-refractivity contribution is -0.114. The molecule has 1 unspecified atom stereocenters. The molecule has 0 fully saturated rings. The lowest BCUT2D eigenvalue weighted by Gasteiger charge is -2.38. The fourth-order valence-corrected chi connectivity index (χ4v) is 4.52. The van der Waals surface area contributed by atoms with Gasteiger partial charge < -0.3 is 25.0 Å². The zero-order chi connectivity index (χ0) is 26.5. The van der Waals surface area contributed by atoms with Crippen LogP contribution in [-0.2, 0) is 17.9 Å². The molecule has 1 atom stereocenters. The van der Waals surface area contributed by atoms with E-state index in [1.807, 2.05) is 102 Å². The number of ether oxygens (including phenoxy) is 2. The summed E-state index contributed by atoms with van der Waals surface area (Å²) in [5, 5.41) is 6.30. The molecule has 4 aromatic carbocycles. The van der Waals surface area contributed by atoms with Crippen LogP contribution in [0.2, 0.25) is 0 Å². The van der Waals surface area contributed by atoms with Crippen molar-refractivity contribution in [1.29, 1.82) is 0 Å². The molecule has 1 aliphatic heterocycles. The molecule has 192 valence electrons. The Morgan fingerprint density at radius 2 is 1.63 bits per heavy atom. The molecule has 0 aliphatic carbocycles. The van der Waals surface area contributed by atoms with Gasteiger partial charge in [0.05, 0.1) is 12.7 Å². The van der Waals surface area contributed by atoms with Crippen molar-refractivity contribution in [3.05, 3.63) is 119 Å². The molecule has 2 N–H and O–H groups in total. The second kappa shape index (κ2) is 11.1.